The van der Waals surface area contributed by atoms with Gasteiger partial charge in [0.15, 0.2) is 0 Å². The molecule has 0 aliphatic heterocycles. The lowest BCUT2D eigenvalue weighted by Crippen LogP contribution is -2.17. The van der Waals surface area contributed by atoms with Gasteiger partial charge in [-0.3, -0.25) is 0 Å². The average molecular weight is 247 g/mol. The number of hydrogen-bond acceptors (Lipinski definition) is 2. The summed E-state index contributed by atoms with van der Waals surface area (Å²) in [5.41, 5.74) is 3.79. The molecule has 0 spiro atoms. The number of hydrogen-bond donors (Lipinski definition) is 1. The first-order chi connectivity index (χ1) is 8.54. The van der Waals surface area contributed by atoms with Gasteiger partial charge in [0.25, 0.3) is 0 Å². The minimum atomic E-state index is 0.389. The van der Waals surface area contributed by atoms with Crippen LogP contribution in [0.5, 0.6) is 5.75 Å². The molecule has 0 bridgehead atoms. The summed E-state index contributed by atoms with van der Waals surface area (Å²) in [6, 6.07) is 6.79. The highest BCUT2D eigenvalue weighted by Crippen LogP contribution is 2.22. The Morgan fingerprint density at radius 1 is 1.39 bits per heavy atom. The van der Waals surface area contributed by atoms with Gasteiger partial charge in [-0.1, -0.05) is 24.6 Å². The van der Waals surface area contributed by atoms with Crippen molar-refractivity contribution in [2.45, 2.75) is 40.7 Å². The summed E-state index contributed by atoms with van der Waals surface area (Å²) in [6.45, 7) is 12.2. The molecule has 1 aromatic carbocycles. The van der Waals surface area contributed by atoms with E-state index in [-0.39, 0.29) is 0 Å². The Morgan fingerprint density at radius 3 is 2.67 bits per heavy atom. The fourth-order valence-electron chi connectivity index (χ4n) is 1.83. The van der Waals surface area contributed by atoms with Gasteiger partial charge in [0.2, 0.25) is 0 Å². The molecule has 0 fully saturated rings. The molecule has 0 aliphatic rings. The molecule has 1 N–H and O–H groups in total. The predicted molar refractivity (Wildman–Crippen MR) is 78.2 cm³/mol. The number of nitrogens with one attached hydrogen (secondary N) is 1. The number of benzene rings is 1. The summed E-state index contributed by atoms with van der Waals surface area (Å²) in [5, 5.41) is 3.42. The molecule has 0 heterocycles. The van der Waals surface area contributed by atoms with Crippen molar-refractivity contribution in [3.63, 3.8) is 0 Å². The Balaban J connectivity index is 2.70. The van der Waals surface area contributed by atoms with Gasteiger partial charge in [-0.2, -0.15) is 0 Å². The van der Waals surface area contributed by atoms with E-state index in [9.17, 15) is 0 Å². The number of rotatable bonds is 6. The summed E-state index contributed by atoms with van der Waals surface area (Å²) < 4.78 is 5.75. The number of aryl methyl sites for hydroxylation is 1. The predicted octanol–water partition coefficient (Wildman–Crippen LogP) is 4.01. The van der Waals surface area contributed by atoms with Crippen LogP contribution in [-0.2, 0) is 0 Å². The highest BCUT2D eigenvalue weighted by atomic mass is 16.5. The van der Waals surface area contributed by atoms with E-state index >= 15 is 0 Å². The van der Waals surface area contributed by atoms with Crippen molar-refractivity contribution in [3.8, 4) is 5.75 Å². The topological polar surface area (TPSA) is 21.3 Å². The zero-order valence-electron chi connectivity index (χ0n) is 12.2. The van der Waals surface area contributed by atoms with Crippen molar-refractivity contribution in [3.05, 3.63) is 41.0 Å². The summed E-state index contributed by atoms with van der Waals surface area (Å²) in [7, 11) is 0. The molecule has 0 saturated carbocycles. The minimum Gasteiger partial charge on any atom is -0.489 e. The van der Waals surface area contributed by atoms with Crippen molar-refractivity contribution >= 4 is 0 Å². The second-order valence-corrected chi connectivity index (χ2v) is 4.90. The van der Waals surface area contributed by atoms with Gasteiger partial charge < -0.3 is 10.1 Å². The zero-order chi connectivity index (χ0) is 13.5. The quantitative estimate of drug-likeness (QED) is 0.767. The lowest BCUT2D eigenvalue weighted by molar-refractivity contribution is 0.359. The molecule has 0 aliphatic carbocycles. The molecule has 2 nitrogen and oxygen atoms in total. The molecule has 1 unspecified atom stereocenters. The van der Waals surface area contributed by atoms with Crippen LogP contribution < -0.4 is 10.1 Å². The van der Waals surface area contributed by atoms with Gasteiger partial charge in [0, 0.05) is 6.04 Å². The van der Waals surface area contributed by atoms with Crippen LogP contribution >= 0.6 is 0 Å². The molecule has 1 aromatic rings. The van der Waals surface area contributed by atoms with Crippen LogP contribution in [0.2, 0.25) is 0 Å². The summed E-state index contributed by atoms with van der Waals surface area (Å²) in [4.78, 5) is 0. The second-order valence-electron chi connectivity index (χ2n) is 4.90. The van der Waals surface area contributed by atoms with E-state index in [0.717, 1.165) is 12.3 Å². The van der Waals surface area contributed by atoms with Crippen LogP contribution in [0, 0.1) is 6.92 Å². The molecule has 100 valence electrons. The van der Waals surface area contributed by atoms with Gasteiger partial charge in [-0.05, 0) is 57.5 Å². The van der Waals surface area contributed by atoms with Gasteiger partial charge in [-0.15, -0.1) is 0 Å². The first-order valence-corrected chi connectivity index (χ1v) is 6.64. The molecule has 0 aromatic heterocycles. The van der Waals surface area contributed by atoms with Crippen LogP contribution in [0.15, 0.2) is 29.8 Å². The Labute approximate surface area is 111 Å². The van der Waals surface area contributed by atoms with Crippen molar-refractivity contribution in [2.75, 3.05) is 13.2 Å². The van der Waals surface area contributed by atoms with Crippen molar-refractivity contribution < 1.29 is 4.74 Å². The smallest absolute Gasteiger partial charge is 0.122 e. The third-order valence-electron chi connectivity index (χ3n) is 2.94. The van der Waals surface area contributed by atoms with Crippen molar-refractivity contribution in [2.24, 2.45) is 0 Å². The fourth-order valence-corrected chi connectivity index (χ4v) is 1.83. The highest BCUT2D eigenvalue weighted by molar-refractivity contribution is 5.37. The lowest BCUT2D eigenvalue weighted by atomic mass is 10.1. The van der Waals surface area contributed by atoms with Gasteiger partial charge >= 0.3 is 0 Å². The molecule has 0 amide bonds. The fraction of sp³-hybridized carbons (Fsp3) is 0.500. The molecule has 2 heteroatoms. The van der Waals surface area contributed by atoms with E-state index in [1.54, 1.807) is 0 Å². The third kappa shape index (κ3) is 4.53. The van der Waals surface area contributed by atoms with Gasteiger partial charge in [-0.25, -0.2) is 0 Å². The van der Waals surface area contributed by atoms with Crippen LogP contribution in [0.3, 0.4) is 0 Å². The first kappa shape index (κ1) is 14.8. The highest BCUT2D eigenvalue weighted by Gasteiger charge is 2.06. The SMILES string of the molecule is CCNC(C)c1ccc(OCC=C(C)C)c(C)c1. The van der Waals surface area contributed by atoms with E-state index in [0.29, 0.717) is 12.6 Å². The number of allylic oxidation sites excluding steroid dienone is 1. The Kier molecular flexibility index (Phi) is 5.93. The maximum absolute atomic E-state index is 5.75. The summed E-state index contributed by atoms with van der Waals surface area (Å²) in [5.74, 6) is 0.972. The molecular weight excluding hydrogens is 222 g/mol. The van der Waals surface area contributed by atoms with E-state index < -0.39 is 0 Å². The lowest BCUT2D eigenvalue weighted by Gasteiger charge is -2.15. The normalized spacial score (nSPS) is 12.1. The molecule has 0 radical (unpaired) electrons. The van der Waals surface area contributed by atoms with Gasteiger partial charge in [0.05, 0.1) is 0 Å². The first-order valence-electron chi connectivity index (χ1n) is 6.64. The molecule has 1 rings (SSSR count). The number of ether oxygens (including phenoxy) is 1. The average Bonchev–Trinajstić information content (AvgIpc) is 2.31. The van der Waals surface area contributed by atoms with Crippen LogP contribution in [0.4, 0.5) is 0 Å². The molecule has 0 saturated heterocycles. The minimum absolute atomic E-state index is 0.389. The van der Waals surface area contributed by atoms with Crippen LogP contribution in [-0.4, -0.2) is 13.2 Å². The van der Waals surface area contributed by atoms with Crippen LogP contribution in [0.1, 0.15) is 44.9 Å². The standard InChI is InChI=1S/C16H25NO/c1-6-17-14(5)15-7-8-16(13(4)11-15)18-10-9-12(2)3/h7-9,11,14,17H,6,10H2,1-5H3. The van der Waals surface area contributed by atoms with Crippen LogP contribution in [0.25, 0.3) is 0 Å². The monoisotopic (exact) mass is 247 g/mol. The van der Waals surface area contributed by atoms with E-state index in [1.807, 2.05) is 0 Å². The van der Waals surface area contributed by atoms with E-state index in [1.165, 1.54) is 16.7 Å². The van der Waals surface area contributed by atoms with Crippen molar-refractivity contribution in [1.82, 2.24) is 5.32 Å². The zero-order valence-corrected chi connectivity index (χ0v) is 12.2. The Bertz CT molecular complexity index is 406. The molecule has 18 heavy (non-hydrogen) atoms. The van der Waals surface area contributed by atoms with E-state index in [4.69, 9.17) is 4.74 Å². The Morgan fingerprint density at radius 2 is 2.11 bits per heavy atom. The summed E-state index contributed by atoms with van der Waals surface area (Å²) in [6.07, 6.45) is 2.09. The third-order valence-corrected chi connectivity index (χ3v) is 2.94. The van der Waals surface area contributed by atoms with E-state index in [2.05, 4.69) is 64.2 Å². The second kappa shape index (κ2) is 7.22. The molecule has 1 atom stereocenters. The Hall–Kier alpha value is -1.28. The summed E-state index contributed by atoms with van der Waals surface area (Å²) >= 11 is 0. The molecular formula is C16H25NO. The maximum Gasteiger partial charge on any atom is 0.122 e. The van der Waals surface area contributed by atoms with Gasteiger partial charge in [0.1, 0.15) is 12.4 Å². The van der Waals surface area contributed by atoms with Crippen molar-refractivity contribution in [1.29, 1.82) is 0 Å². The maximum atomic E-state index is 5.75. The largest absolute Gasteiger partial charge is 0.489 e.